The third-order valence-corrected chi connectivity index (χ3v) is 3.12. The average Bonchev–Trinajstić information content (AvgIpc) is 2.59. The van der Waals surface area contributed by atoms with Crippen LogP contribution in [0.5, 0.6) is 5.75 Å². The number of hydrogen-bond donors (Lipinski definition) is 2. The van der Waals surface area contributed by atoms with E-state index < -0.39 is 16.7 Å². The molecule has 0 aliphatic heterocycles. The summed E-state index contributed by atoms with van der Waals surface area (Å²) in [6.45, 7) is 3.78. The lowest BCUT2D eigenvalue weighted by Crippen LogP contribution is -2.41. The van der Waals surface area contributed by atoms with Crippen molar-refractivity contribution in [2.75, 3.05) is 0 Å². The van der Waals surface area contributed by atoms with Gasteiger partial charge in [-0.15, -0.1) is 0 Å². The van der Waals surface area contributed by atoms with Crippen molar-refractivity contribution in [3.05, 3.63) is 69.8 Å². The SMILES string of the molecule is CC(C)Oc1ccc(C(=O)NNC(=O)c2ccccc2[N+](=O)[O-])cc1. The van der Waals surface area contributed by atoms with Gasteiger partial charge in [-0.1, -0.05) is 12.1 Å². The van der Waals surface area contributed by atoms with Crippen molar-refractivity contribution in [1.29, 1.82) is 0 Å². The predicted molar refractivity (Wildman–Crippen MR) is 90.2 cm³/mol. The number of nitro benzene ring substituents is 1. The first-order valence-corrected chi connectivity index (χ1v) is 7.49. The first-order chi connectivity index (χ1) is 11.9. The van der Waals surface area contributed by atoms with Crippen molar-refractivity contribution in [3.8, 4) is 5.75 Å². The number of carbonyl (C=O) groups is 2. The summed E-state index contributed by atoms with van der Waals surface area (Å²) >= 11 is 0. The summed E-state index contributed by atoms with van der Waals surface area (Å²) in [6, 6.07) is 11.8. The molecule has 0 heterocycles. The van der Waals surface area contributed by atoms with E-state index in [1.165, 1.54) is 24.3 Å². The van der Waals surface area contributed by atoms with Crippen LogP contribution >= 0.6 is 0 Å². The molecule has 8 nitrogen and oxygen atoms in total. The minimum Gasteiger partial charge on any atom is -0.491 e. The summed E-state index contributed by atoms with van der Waals surface area (Å²) in [7, 11) is 0. The van der Waals surface area contributed by atoms with E-state index in [-0.39, 0.29) is 17.4 Å². The van der Waals surface area contributed by atoms with Crippen LogP contribution in [-0.4, -0.2) is 22.8 Å². The molecule has 0 atom stereocenters. The molecule has 0 aliphatic carbocycles. The maximum absolute atomic E-state index is 12.0. The van der Waals surface area contributed by atoms with E-state index in [2.05, 4.69) is 10.9 Å². The van der Waals surface area contributed by atoms with Gasteiger partial charge in [0.15, 0.2) is 0 Å². The number of nitrogens with one attached hydrogen (secondary N) is 2. The Balaban J connectivity index is 2.00. The third kappa shape index (κ3) is 4.77. The topological polar surface area (TPSA) is 111 Å². The van der Waals surface area contributed by atoms with Gasteiger partial charge in [0.2, 0.25) is 0 Å². The predicted octanol–water partition coefficient (Wildman–Crippen LogP) is 2.46. The normalized spacial score (nSPS) is 10.2. The van der Waals surface area contributed by atoms with Crippen LogP contribution in [-0.2, 0) is 0 Å². The molecule has 25 heavy (non-hydrogen) atoms. The van der Waals surface area contributed by atoms with Crippen LogP contribution < -0.4 is 15.6 Å². The molecule has 2 aromatic rings. The van der Waals surface area contributed by atoms with Gasteiger partial charge in [0.1, 0.15) is 11.3 Å². The number of carbonyl (C=O) groups excluding carboxylic acids is 2. The molecule has 0 aromatic heterocycles. The molecular formula is C17H17N3O5. The minimum atomic E-state index is -0.777. The van der Waals surface area contributed by atoms with Gasteiger partial charge in [-0.2, -0.15) is 0 Å². The van der Waals surface area contributed by atoms with Gasteiger partial charge in [0.25, 0.3) is 17.5 Å². The average molecular weight is 343 g/mol. The summed E-state index contributed by atoms with van der Waals surface area (Å²) < 4.78 is 5.48. The Hall–Kier alpha value is -3.42. The molecular weight excluding hydrogens is 326 g/mol. The molecule has 0 radical (unpaired) electrons. The molecule has 0 saturated carbocycles. The highest BCUT2D eigenvalue weighted by Gasteiger charge is 2.19. The number of hydrogen-bond acceptors (Lipinski definition) is 5. The lowest BCUT2D eigenvalue weighted by molar-refractivity contribution is -0.385. The summed E-state index contributed by atoms with van der Waals surface area (Å²) in [5, 5.41) is 10.9. The maximum Gasteiger partial charge on any atom is 0.282 e. The zero-order chi connectivity index (χ0) is 18.4. The minimum absolute atomic E-state index is 0.0145. The Kier molecular flexibility index (Phi) is 5.67. The fourth-order valence-corrected chi connectivity index (χ4v) is 2.03. The van der Waals surface area contributed by atoms with Crippen LogP contribution in [0, 0.1) is 10.1 Å². The number of amides is 2. The molecule has 0 saturated heterocycles. The number of ether oxygens (including phenoxy) is 1. The van der Waals surface area contributed by atoms with E-state index in [9.17, 15) is 19.7 Å². The van der Waals surface area contributed by atoms with Crippen LogP contribution in [0.4, 0.5) is 5.69 Å². The van der Waals surface area contributed by atoms with E-state index in [1.54, 1.807) is 24.3 Å². The first-order valence-electron chi connectivity index (χ1n) is 7.49. The van der Waals surface area contributed by atoms with E-state index in [1.807, 2.05) is 13.8 Å². The van der Waals surface area contributed by atoms with Gasteiger partial charge in [0.05, 0.1) is 11.0 Å². The Morgan fingerprint density at radius 1 is 1.00 bits per heavy atom. The molecule has 8 heteroatoms. The van der Waals surface area contributed by atoms with E-state index in [0.29, 0.717) is 11.3 Å². The van der Waals surface area contributed by atoms with Crippen molar-refractivity contribution in [1.82, 2.24) is 10.9 Å². The summed E-state index contributed by atoms with van der Waals surface area (Å²) in [6.07, 6.45) is 0.0145. The molecule has 2 aromatic carbocycles. The van der Waals surface area contributed by atoms with E-state index >= 15 is 0 Å². The summed E-state index contributed by atoms with van der Waals surface area (Å²) in [4.78, 5) is 34.3. The molecule has 0 spiro atoms. The molecule has 0 bridgehead atoms. The maximum atomic E-state index is 12.0. The molecule has 0 aliphatic rings. The van der Waals surface area contributed by atoms with Gasteiger partial charge in [0, 0.05) is 11.6 Å². The Labute approximate surface area is 143 Å². The zero-order valence-corrected chi connectivity index (χ0v) is 13.7. The van der Waals surface area contributed by atoms with Gasteiger partial charge >= 0.3 is 0 Å². The number of nitrogens with zero attached hydrogens (tertiary/aromatic N) is 1. The summed E-state index contributed by atoms with van der Waals surface area (Å²) in [5.41, 5.74) is 4.20. The summed E-state index contributed by atoms with van der Waals surface area (Å²) in [5.74, 6) is -0.709. The number of hydrazine groups is 1. The number of para-hydroxylation sites is 1. The second kappa shape index (κ2) is 7.91. The van der Waals surface area contributed by atoms with E-state index in [0.717, 1.165) is 0 Å². The standard InChI is InChI=1S/C17H17N3O5/c1-11(2)25-13-9-7-12(8-10-13)16(21)18-19-17(22)14-5-3-4-6-15(14)20(23)24/h3-11H,1-2H3,(H,18,21)(H,19,22). The van der Waals surface area contributed by atoms with Crippen LogP contribution in [0.15, 0.2) is 48.5 Å². The second-order valence-electron chi connectivity index (χ2n) is 5.37. The molecule has 130 valence electrons. The van der Waals surface area contributed by atoms with Crippen molar-refractivity contribution < 1.29 is 19.2 Å². The second-order valence-corrected chi connectivity index (χ2v) is 5.37. The van der Waals surface area contributed by atoms with Gasteiger partial charge in [-0.05, 0) is 44.2 Å². The van der Waals surface area contributed by atoms with Crippen LogP contribution in [0.1, 0.15) is 34.6 Å². The number of rotatable bonds is 5. The largest absolute Gasteiger partial charge is 0.491 e. The Morgan fingerprint density at radius 3 is 2.20 bits per heavy atom. The molecule has 0 fully saturated rings. The van der Waals surface area contributed by atoms with Gasteiger partial charge in [-0.25, -0.2) is 0 Å². The highest BCUT2D eigenvalue weighted by Crippen LogP contribution is 2.17. The lowest BCUT2D eigenvalue weighted by atomic mass is 10.2. The lowest BCUT2D eigenvalue weighted by Gasteiger charge is -2.10. The fourth-order valence-electron chi connectivity index (χ4n) is 2.03. The van der Waals surface area contributed by atoms with Crippen LogP contribution in [0.25, 0.3) is 0 Å². The van der Waals surface area contributed by atoms with Crippen LogP contribution in [0.2, 0.25) is 0 Å². The molecule has 0 unspecified atom stereocenters. The zero-order valence-electron chi connectivity index (χ0n) is 13.7. The fraction of sp³-hybridized carbons (Fsp3) is 0.176. The quantitative estimate of drug-likeness (QED) is 0.640. The number of benzene rings is 2. The smallest absolute Gasteiger partial charge is 0.282 e. The number of nitro groups is 1. The van der Waals surface area contributed by atoms with Crippen molar-refractivity contribution in [2.24, 2.45) is 0 Å². The molecule has 2 N–H and O–H groups in total. The van der Waals surface area contributed by atoms with Gasteiger partial charge < -0.3 is 4.74 Å². The Morgan fingerprint density at radius 2 is 1.60 bits per heavy atom. The van der Waals surface area contributed by atoms with Crippen molar-refractivity contribution in [3.63, 3.8) is 0 Å². The third-order valence-electron chi connectivity index (χ3n) is 3.12. The molecule has 2 rings (SSSR count). The van der Waals surface area contributed by atoms with E-state index in [4.69, 9.17) is 4.74 Å². The van der Waals surface area contributed by atoms with Gasteiger partial charge in [-0.3, -0.25) is 30.6 Å². The highest BCUT2D eigenvalue weighted by atomic mass is 16.6. The highest BCUT2D eigenvalue weighted by molar-refractivity contribution is 6.01. The monoisotopic (exact) mass is 343 g/mol. The molecule has 2 amide bonds. The van der Waals surface area contributed by atoms with Crippen LogP contribution in [0.3, 0.4) is 0 Å². The van der Waals surface area contributed by atoms with Crippen molar-refractivity contribution in [2.45, 2.75) is 20.0 Å². The first kappa shape index (κ1) is 17.9. The Bertz CT molecular complexity index is 787. The van der Waals surface area contributed by atoms with Crippen molar-refractivity contribution >= 4 is 17.5 Å².